The van der Waals surface area contributed by atoms with Crippen LogP contribution >= 0.6 is 0 Å². The highest BCUT2D eigenvalue weighted by molar-refractivity contribution is 5.92. The maximum absolute atomic E-state index is 11.0. The number of cyclic esters (lactones) is 2. The van der Waals surface area contributed by atoms with Crippen molar-refractivity contribution in [2.45, 2.75) is 26.2 Å². The van der Waals surface area contributed by atoms with Gasteiger partial charge in [-0.15, -0.1) is 0 Å². The van der Waals surface area contributed by atoms with Gasteiger partial charge in [0.05, 0.1) is 6.26 Å². The summed E-state index contributed by atoms with van der Waals surface area (Å²) in [6.45, 7) is 2.26. The maximum atomic E-state index is 11.0. The van der Waals surface area contributed by atoms with Crippen molar-refractivity contribution in [3.63, 3.8) is 0 Å². The SMILES string of the molecule is CCCC/C1=C/OC(=O)/C=C\C(=O)OC1. The van der Waals surface area contributed by atoms with E-state index in [1.807, 2.05) is 0 Å². The van der Waals surface area contributed by atoms with Gasteiger partial charge in [0.25, 0.3) is 0 Å². The first kappa shape index (κ1) is 11.5. The molecular weight excluding hydrogens is 196 g/mol. The van der Waals surface area contributed by atoms with Crippen LogP contribution in [0.1, 0.15) is 26.2 Å². The van der Waals surface area contributed by atoms with E-state index in [-0.39, 0.29) is 6.61 Å². The van der Waals surface area contributed by atoms with E-state index >= 15 is 0 Å². The topological polar surface area (TPSA) is 52.6 Å². The van der Waals surface area contributed by atoms with Crippen molar-refractivity contribution in [2.75, 3.05) is 6.61 Å². The fourth-order valence-electron chi connectivity index (χ4n) is 1.10. The van der Waals surface area contributed by atoms with Gasteiger partial charge in [0.15, 0.2) is 0 Å². The van der Waals surface area contributed by atoms with Gasteiger partial charge >= 0.3 is 11.9 Å². The zero-order valence-corrected chi connectivity index (χ0v) is 8.69. The summed E-state index contributed by atoms with van der Waals surface area (Å²) >= 11 is 0. The quantitative estimate of drug-likeness (QED) is 0.665. The molecule has 4 nitrogen and oxygen atoms in total. The molecule has 1 heterocycles. The zero-order valence-electron chi connectivity index (χ0n) is 8.69. The summed E-state index contributed by atoms with van der Waals surface area (Å²) in [5.41, 5.74) is 0.822. The minimum atomic E-state index is -0.553. The van der Waals surface area contributed by atoms with E-state index in [0.29, 0.717) is 0 Å². The van der Waals surface area contributed by atoms with Crippen molar-refractivity contribution >= 4 is 11.9 Å². The van der Waals surface area contributed by atoms with E-state index < -0.39 is 11.9 Å². The Morgan fingerprint density at radius 2 is 2.00 bits per heavy atom. The minimum Gasteiger partial charge on any atom is -0.458 e. The van der Waals surface area contributed by atoms with E-state index in [4.69, 9.17) is 9.47 Å². The van der Waals surface area contributed by atoms with Crippen molar-refractivity contribution in [3.8, 4) is 0 Å². The van der Waals surface area contributed by atoms with Gasteiger partial charge in [-0.05, 0) is 12.8 Å². The lowest BCUT2D eigenvalue weighted by molar-refractivity contribution is -0.137. The average molecular weight is 210 g/mol. The summed E-state index contributed by atoms with van der Waals surface area (Å²) in [5.74, 6) is -1.07. The van der Waals surface area contributed by atoms with Gasteiger partial charge in [0, 0.05) is 17.7 Å². The number of carbonyl (C=O) groups excluding carboxylic acids is 2. The number of unbranched alkanes of at least 4 members (excludes halogenated alkanes) is 1. The molecule has 0 unspecified atom stereocenters. The van der Waals surface area contributed by atoms with Crippen LogP contribution in [-0.4, -0.2) is 18.5 Å². The lowest BCUT2D eigenvalue weighted by atomic mass is 10.1. The monoisotopic (exact) mass is 210 g/mol. The molecule has 15 heavy (non-hydrogen) atoms. The number of hydrogen-bond donors (Lipinski definition) is 0. The number of carbonyl (C=O) groups is 2. The summed E-state index contributed by atoms with van der Waals surface area (Å²) in [6.07, 6.45) is 6.30. The minimum absolute atomic E-state index is 0.191. The molecule has 0 fully saturated rings. The van der Waals surface area contributed by atoms with Crippen molar-refractivity contribution in [3.05, 3.63) is 24.0 Å². The van der Waals surface area contributed by atoms with Crippen LogP contribution < -0.4 is 0 Å². The van der Waals surface area contributed by atoms with E-state index in [1.165, 1.54) is 6.26 Å². The van der Waals surface area contributed by atoms with Crippen LogP contribution in [0.3, 0.4) is 0 Å². The Morgan fingerprint density at radius 3 is 2.73 bits per heavy atom. The van der Waals surface area contributed by atoms with Gasteiger partial charge < -0.3 is 9.47 Å². The molecule has 0 atom stereocenters. The molecule has 0 saturated carbocycles. The molecule has 4 heteroatoms. The largest absolute Gasteiger partial charge is 0.458 e. The van der Waals surface area contributed by atoms with E-state index in [9.17, 15) is 9.59 Å². The molecule has 0 saturated heterocycles. The Hall–Kier alpha value is -1.58. The molecule has 0 amide bonds. The van der Waals surface area contributed by atoms with Crippen LogP contribution in [0.2, 0.25) is 0 Å². The highest BCUT2D eigenvalue weighted by Crippen LogP contribution is 2.09. The molecule has 0 aromatic heterocycles. The molecule has 0 radical (unpaired) electrons. The van der Waals surface area contributed by atoms with Crippen LogP contribution in [0.4, 0.5) is 0 Å². The standard InChI is InChI=1S/C11H14O4/c1-2-3-4-9-7-14-10(12)5-6-11(13)15-8-9/h5-7H,2-4,8H2,1H3/b6-5-,9-7-. The molecular formula is C11H14O4. The van der Waals surface area contributed by atoms with E-state index in [1.54, 1.807) is 0 Å². The number of hydrogen-bond acceptors (Lipinski definition) is 4. The molecule has 0 N–H and O–H groups in total. The molecule has 82 valence electrons. The number of esters is 2. The van der Waals surface area contributed by atoms with Gasteiger partial charge in [0.1, 0.15) is 6.61 Å². The fraction of sp³-hybridized carbons (Fsp3) is 0.455. The third kappa shape index (κ3) is 4.44. The maximum Gasteiger partial charge on any atom is 0.335 e. The Morgan fingerprint density at radius 1 is 1.27 bits per heavy atom. The third-order valence-electron chi connectivity index (χ3n) is 1.95. The number of ether oxygens (including phenoxy) is 2. The van der Waals surface area contributed by atoms with Crippen molar-refractivity contribution in [1.29, 1.82) is 0 Å². The highest BCUT2D eigenvalue weighted by atomic mass is 16.5. The predicted octanol–water partition coefficient (Wildman–Crippen LogP) is 1.72. The Labute approximate surface area is 88.6 Å². The number of rotatable bonds is 3. The van der Waals surface area contributed by atoms with E-state index in [0.717, 1.165) is 37.0 Å². The second kappa shape index (κ2) is 6.01. The molecule has 0 bridgehead atoms. The first-order chi connectivity index (χ1) is 7.22. The lowest BCUT2D eigenvalue weighted by Crippen LogP contribution is -2.04. The van der Waals surface area contributed by atoms with Crippen molar-refractivity contribution in [2.24, 2.45) is 0 Å². The summed E-state index contributed by atoms with van der Waals surface area (Å²) in [4.78, 5) is 22.0. The van der Waals surface area contributed by atoms with Gasteiger partial charge in [-0.2, -0.15) is 0 Å². The molecule has 0 aliphatic carbocycles. The smallest absolute Gasteiger partial charge is 0.335 e. The summed E-state index contributed by atoms with van der Waals surface area (Å²) in [7, 11) is 0. The second-order valence-electron chi connectivity index (χ2n) is 3.26. The summed E-state index contributed by atoms with van der Waals surface area (Å²) in [5, 5.41) is 0. The lowest BCUT2D eigenvalue weighted by Gasteiger charge is -2.05. The molecule has 1 aliphatic heterocycles. The van der Waals surface area contributed by atoms with Crippen molar-refractivity contribution < 1.29 is 19.1 Å². The summed E-state index contributed by atoms with van der Waals surface area (Å²) in [6, 6.07) is 0. The summed E-state index contributed by atoms with van der Waals surface area (Å²) < 4.78 is 9.70. The van der Waals surface area contributed by atoms with Crippen LogP contribution in [-0.2, 0) is 19.1 Å². The Kier molecular flexibility index (Phi) is 4.60. The second-order valence-corrected chi connectivity index (χ2v) is 3.26. The molecule has 0 aromatic rings. The fourth-order valence-corrected chi connectivity index (χ4v) is 1.10. The van der Waals surface area contributed by atoms with E-state index in [2.05, 4.69) is 6.92 Å². The first-order valence-electron chi connectivity index (χ1n) is 4.95. The van der Waals surface area contributed by atoms with Crippen LogP contribution in [0.15, 0.2) is 24.0 Å². The molecule has 0 aromatic carbocycles. The predicted molar refractivity (Wildman–Crippen MR) is 53.8 cm³/mol. The molecule has 0 spiro atoms. The normalized spacial score (nSPS) is 22.6. The van der Waals surface area contributed by atoms with Gasteiger partial charge in [-0.25, -0.2) is 9.59 Å². The van der Waals surface area contributed by atoms with Crippen LogP contribution in [0.5, 0.6) is 0 Å². The molecule has 1 aliphatic rings. The molecule has 1 rings (SSSR count). The first-order valence-corrected chi connectivity index (χ1v) is 4.95. The highest BCUT2D eigenvalue weighted by Gasteiger charge is 2.07. The van der Waals surface area contributed by atoms with Gasteiger partial charge in [-0.1, -0.05) is 13.3 Å². The van der Waals surface area contributed by atoms with Gasteiger partial charge in [0.2, 0.25) is 0 Å². The van der Waals surface area contributed by atoms with Crippen LogP contribution in [0.25, 0.3) is 0 Å². The van der Waals surface area contributed by atoms with Gasteiger partial charge in [-0.3, -0.25) is 0 Å². The van der Waals surface area contributed by atoms with Crippen molar-refractivity contribution in [1.82, 2.24) is 0 Å². The Bertz CT molecular complexity index is 302. The zero-order chi connectivity index (χ0) is 11.1. The third-order valence-corrected chi connectivity index (χ3v) is 1.95. The Balaban J connectivity index is 2.61. The van der Waals surface area contributed by atoms with Crippen LogP contribution in [0, 0.1) is 0 Å². The average Bonchev–Trinajstić information content (AvgIpc) is 2.31.